The van der Waals surface area contributed by atoms with E-state index in [0.717, 1.165) is 10.8 Å². The molecule has 0 saturated carbocycles. The number of hydrogen-bond donors (Lipinski definition) is 2. The number of phenolic OH excluding ortho intramolecular Hbond substituents is 1. The number of amides is 1. The standard InChI is InChI=1S/C20H14Cl3NO4/c1-10(19(26)24-17-9-15(22)14(21)8-16(17)23)28-20(27)13-6-11-4-2-3-5-12(11)7-18(13)25/h2-10,25H,1H3,(H,24,26). The van der Waals surface area contributed by atoms with Crippen molar-refractivity contribution >= 4 is 63.1 Å². The molecule has 0 aliphatic carbocycles. The highest BCUT2D eigenvalue weighted by Gasteiger charge is 2.22. The highest BCUT2D eigenvalue weighted by molar-refractivity contribution is 6.44. The molecule has 0 aromatic heterocycles. The van der Waals surface area contributed by atoms with Gasteiger partial charge in [0.1, 0.15) is 11.3 Å². The van der Waals surface area contributed by atoms with Crippen molar-refractivity contribution in [2.75, 3.05) is 5.32 Å². The molecule has 0 spiro atoms. The van der Waals surface area contributed by atoms with Crippen molar-refractivity contribution in [3.63, 3.8) is 0 Å². The van der Waals surface area contributed by atoms with Crippen LogP contribution in [0.5, 0.6) is 5.75 Å². The van der Waals surface area contributed by atoms with E-state index in [-0.39, 0.29) is 32.1 Å². The van der Waals surface area contributed by atoms with E-state index in [9.17, 15) is 14.7 Å². The minimum atomic E-state index is -1.15. The molecule has 3 rings (SSSR count). The van der Waals surface area contributed by atoms with Crippen LogP contribution in [-0.4, -0.2) is 23.1 Å². The Morgan fingerprint density at radius 2 is 1.57 bits per heavy atom. The number of carbonyl (C=O) groups excluding carboxylic acids is 2. The van der Waals surface area contributed by atoms with Crippen LogP contribution < -0.4 is 5.32 Å². The van der Waals surface area contributed by atoms with E-state index < -0.39 is 18.0 Å². The molecule has 2 N–H and O–H groups in total. The van der Waals surface area contributed by atoms with Gasteiger partial charge in [0, 0.05) is 0 Å². The number of fused-ring (bicyclic) bond motifs is 1. The van der Waals surface area contributed by atoms with E-state index in [4.69, 9.17) is 39.5 Å². The van der Waals surface area contributed by atoms with Crippen LogP contribution >= 0.6 is 34.8 Å². The van der Waals surface area contributed by atoms with Crippen molar-refractivity contribution in [2.24, 2.45) is 0 Å². The number of esters is 1. The summed E-state index contributed by atoms with van der Waals surface area (Å²) < 4.78 is 5.18. The molecule has 0 aliphatic heterocycles. The van der Waals surface area contributed by atoms with Gasteiger partial charge in [0.25, 0.3) is 5.91 Å². The van der Waals surface area contributed by atoms with Gasteiger partial charge in [0.15, 0.2) is 6.10 Å². The maximum absolute atomic E-state index is 12.4. The number of rotatable bonds is 4. The largest absolute Gasteiger partial charge is 0.507 e. The third-order valence-corrected chi connectivity index (χ3v) is 5.04. The van der Waals surface area contributed by atoms with Crippen molar-refractivity contribution in [2.45, 2.75) is 13.0 Å². The minimum absolute atomic E-state index is 0.0362. The smallest absolute Gasteiger partial charge is 0.342 e. The van der Waals surface area contributed by atoms with Crippen LogP contribution in [0.4, 0.5) is 5.69 Å². The fraction of sp³-hybridized carbons (Fsp3) is 0.100. The van der Waals surface area contributed by atoms with Crippen LogP contribution in [0.3, 0.4) is 0 Å². The third-order valence-electron chi connectivity index (χ3n) is 4.00. The molecule has 0 aliphatic rings. The Morgan fingerprint density at radius 3 is 2.25 bits per heavy atom. The molecule has 0 heterocycles. The number of anilines is 1. The second kappa shape index (κ2) is 8.27. The summed E-state index contributed by atoms with van der Waals surface area (Å²) in [6.07, 6.45) is -1.15. The van der Waals surface area contributed by atoms with Gasteiger partial charge in [-0.15, -0.1) is 0 Å². The van der Waals surface area contributed by atoms with Crippen LogP contribution in [0.25, 0.3) is 10.8 Å². The number of aromatic hydroxyl groups is 1. The van der Waals surface area contributed by atoms with E-state index in [1.165, 1.54) is 31.2 Å². The van der Waals surface area contributed by atoms with E-state index >= 15 is 0 Å². The van der Waals surface area contributed by atoms with Crippen LogP contribution in [0, 0.1) is 0 Å². The number of hydrogen-bond acceptors (Lipinski definition) is 4. The van der Waals surface area contributed by atoms with Crippen LogP contribution in [-0.2, 0) is 9.53 Å². The lowest BCUT2D eigenvalue weighted by Crippen LogP contribution is -2.30. The molecule has 0 fully saturated rings. The van der Waals surface area contributed by atoms with Gasteiger partial charge in [0.05, 0.1) is 20.8 Å². The average molecular weight is 439 g/mol. The molecule has 3 aromatic carbocycles. The van der Waals surface area contributed by atoms with Gasteiger partial charge in [0.2, 0.25) is 0 Å². The molecule has 3 aromatic rings. The first-order valence-corrected chi connectivity index (χ1v) is 9.28. The lowest BCUT2D eigenvalue weighted by atomic mass is 10.1. The summed E-state index contributed by atoms with van der Waals surface area (Å²) >= 11 is 17.8. The minimum Gasteiger partial charge on any atom is -0.507 e. The molecule has 1 unspecified atom stereocenters. The molecule has 28 heavy (non-hydrogen) atoms. The topological polar surface area (TPSA) is 75.6 Å². The Morgan fingerprint density at radius 1 is 0.964 bits per heavy atom. The summed E-state index contributed by atoms with van der Waals surface area (Å²) in [4.78, 5) is 24.8. The Bertz CT molecular complexity index is 1080. The summed E-state index contributed by atoms with van der Waals surface area (Å²) in [6.45, 7) is 1.40. The van der Waals surface area contributed by atoms with Gasteiger partial charge >= 0.3 is 5.97 Å². The number of carbonyl (C=O) groups is 2. The van der Waals surface area contributed by atoms with Crippen LogP contribution in [0.1, 0.15) is 17.3 Å². The molecule has 1 atom stereocenters. The van der Waals surface area contributed by atoms with Gasteiger partial charge in [-0.25, -0.2) is 4.79 Å². The average Bonchev–Trinajstić information content (AvgIpc) is 2.65. The van der Waals surface area contributed by atoms with E-state index in [1.807, 2.05) is 12.1 Å². The summed E-state index contributed by atoms with van der Waals surface area (Å²) in [7, 11) is 0. The number of benzene rings is 3. The van der Waals surface area contributed by atoms with E-state index in [2.05, 4.69) is 5.32 Å². The predicted octanol–water partition coefficient (Wildman–Crippen LogP) is 5.69. The first-order valence-electron chi connectivity index (χ1n) is 8.14. The fourth-order valence-corrected chi connectivity index (χ4v) is 3.12. The highest BCUT2D eigenvalue weighted by Crippen LogP contribution is 2.32. The van der Waals surface area contributed by atoms with Crippen molar-refractivity contribution in [1.29, 1.82) is 0 Å². The van der Waals surface area contributed by atoms with E-state index in [0.29, 0.717) is 0 Å². The quantitative estimate of drug-likeness (QED) is 0.405. The number of halogens is 3. The lowest BCUT2D eigenvalue weighted by molar-refractivity contribution is -0.123. The number of nitrogens with one attached hydrogen (secondary N) is 1. The van der Waals surface area contributed by atoms with Crippen LogP contribution in [0.2, 0.25) is 15.1 Å². The SMILES string of the molecule is CC(OC(=O)c1cc2ccccc2cc1O)C(=O)Nc1cc(Cl)c(Cl)cc1Cl. The molecule has 5 nitrogen and oxygen atoms in total. The second-order valence-electron chi connectivity index (χ2n) is 6.00. The Labute approximate surface area is 175 Å². The summed E-state index contributed by atoms with van der Waals surface area (Å²) in [5, 5.41) is 14.8. The zero-order valence-corrected chi connectivity index (χ0v) is 16.8. The summed E-state index contributed by atoms with van der Waals surface area (Å²) in [6, 6.07) is 13.0. The van der Waals surface area contributed by atoms with Gasteiger partial charge in [-0.05, 0) is 42.0 Å². The number of ether oxygens (including phenoxy) is 1. The second-order valence-corrected chi connectivity index (χ2v) is 7.22. The molecule has 1 amide bonds. The lowest BCUT2D eigenvalue weighted by Gasteiger charge is -2.15. The molecule has 0 radical (unpaired) electrons. The van der Waals surface area contributed by atoms with Gasteiger partial charge in [-0.3, -0.25) is 4.79 Å². The molecule has 0 saturated heterocycles. The highest BCUT2D eigenvalue weighted by atomic mass is 35.5. The number of phenols is 1. The first kappa shape index (κ1) is 20.3. The van der Waals surface area contributed by atoms with Crippen molar-refractivity contribution < 1.29 is 19.4 Å². The maximum Gasteiger partial charge on any atom is 0.342 e. The third kappa shape index (κ3) is 4.33. The summed E-state index contributed by atoms with van der Waals surface area (Å²) in [5.74, 6) is -1.68. The summed E-state index contributed by atoms with van der Waals surface area (Å²) in [5.41, 5.74) is 0.198. The molecule has 8 heteroatoms. The van der Waals surface area contributed by atoms with Gasteiger partial charge in [-0.2, -0.15) is 0 Å². The molecular formula is C20H14Cl3NO4. The maximum atomic E-state index is 12.4. The zero-order valence-electron chi connectivity index (χ0n) is 14.5. The normalized spacial score (nSPS) is 11.9. The van der Waals surface area contributed by atoms with Gasteiger partial charge < -0.3 is 15.2 Å². The van der Waals surface area contributed by atoms with Gasteiger partial charge in [-0.1, -0.05) is 59.1 Å². The molecular weight excluding hydrogens is 425 g/mol. The Kier molecular flexibility index (Phi) is 5.98. The van der Waals surface area contributed by atoms with Crippen molar-refractivity contribution in [3.05, 3.63) is 69.2 Å². The Balaban J connectivity index is 1.74. The van der Waals surface area contributed by atoms with Crippen molar-refractivity contribution in [1.82, 2.24) is 0 Å². The zero-order chi connectivity index (χ0) is 20.4. The predicted molar refractivity (Wildman–Crippen MR) is 111 cm³/mol. The first-order chi connectivity index (χ1) is 13.3. The monoisotopic (exact) mass is 437 g/mol. The Hall–Kier alpha value is -2.47. The molecule has 144 valence electrons. The van der Waals surface area contributed by atoms with Crippen LogP contribution in [0.15, 0.2) is 48.5 Å². The molecule has 0 bridgehead atoms. The fourth-order valence-electron chi connectivity index (χ4n) is 2.52. The van der Waals surface area contributed by atoms with Crippen molar-refractivity contribution in [3.8, 4) is 5.75 Å². The van der Waals surface area contributed by atoms with E-state index in [1.54, 1.807) is 12.1 Å².